The number of nitrogens with one attached hydrogen (secondary N) is 1. The van der Waals surface area contributed by atoms with Gasteiger partial charge < -0.3 is 5.32 Å². The van der Waals surface area contributed by atoms with E-state index in [1.165, 1.54) is 0 Å². The minimum atomic E-state index is -0.225. The van der Waals surface area contributed by atoms with Crippen LogP contribution in [0, 0.1) is 13.8 Å². The van der Waals surface area contributed by atoms with E-state index >= 15 is 0 Å². The molecular weight excluding hydrogens is 326 g/mol. The molecule has 0 radical (unpaired) electrons. The number of aryl methyl sites for hydroxylation is 2. The van der Waals surface area contributed by atoms with Gasteiger partial charge in [-0.2, -0.15) is 10.2 Å². The van der Waals surface area contributed by atoms with E-state index < -0.39 is 0 Å². The molecule has 1 N–H and O–H groups in total. The first-order valence-electron chi connectivity index (χ1n) is 8.44. The SMILES string of the molecule is Cc1cc(C)n(Cc2cccc(NC(=O)c3cc4ccccn4n3)c2)n1. The van der Waals surface area contributed by atoms with Gasteiger partial charge in [0.05, 0.1) is 17.8 Å². The molecule has 3 heterocycles. The van der Waals surface area contributed by atoms with Crippen molar-refractivity contribution in [3.63, 3.8) is 0 Å². The molecule has 26 heavy (non-hydrogen) atoms. The Bertz CT molecular complexity index is 1060. The molecule has 0 unspecified atom stereocenters. The van der Waals surface area contributed by atoms with Crippen molar-refractivity contribution in [3.05, 3.63) is 83.4 Å². The van der Waals surface area contributed by atoms with Gasteiger partial charge in [0.2, 0.25) is 0 Å². The Morgan fingerprint density at radius 3 is 2.69 bits per heavy atom. The zero-order valence-corrected chi connectivity index (χ0v) is 14.7. The second-order valence-corrected chi connectivity index (χ2v) is 6.34. The van der Waals surface area contributed by atoms with Crippen LogP contribution in [0.5, 0.6) is 0 Å². The maximum absolute atomic E-state index is 12.5. The Balaban J connectivity index is 1.52. The lowest BCUT2D eigenvalue weighted by Gasteiger charge is -2.08. The van der Waals surface area contributed by atoms with Crippen LogP contribution < -0.4 is 5.32 Å². The Kier molecular flexibility index (Phi) is 4.01. The maximum atomic E-state index is 12.5. The average Bonchev–Trinajstić information content (AvgIpc) is 3.18. The third kappa shape index (κ3) is 3.21. The number of rotatable bonds is 4. The molecule has 0 atom stereocenters. The van der Waals surface area contributed by atoms with Crippen LogP contribution in [0.1, 0.15) is 27.4 Å². The highest BCUT2D eigenvalue weighted by Crippen LogP contribution is 2.15. The third-order valence-electron chi connectivity index (χ3n) is 4.22. The Hall–Kier alpha value is -3.41. The van der Waals surface area contributed by atoms with Crippen LogP contribution in [0.15, 0.2) is 60.8 Å². The van der Waals surface area contributed by atoms with Crippen LogP contribution in [0.2, 0.25) is 0 Å². The average molecular weight is 345 g/mol. The number of aromatic nitrogens is 4. The van der Waals surface area contributed by atoms with Gasteiger partial charge in [0.25, 0.3) is 5.91 Å². The molecule has 0 aliphatic carbocycles. The Morgan fingerprint density at radius 2 is 1.92 bits per heavy atom. The van der Waals surface area contributed by atoms with Gasteiger partial charge in [-0.1, -0.05) is 18.2 Å². The van der Waals surface area contributed by atoms with Gasteiger partial charge in [0, 0.05) is 17.6 Å². The molecule has 6 nitrogen and oxygen atoms in total. The van der Waals surface area contributed by atoms with Crippen LogP contribution in [0.4, 0.5) is 5.69 Å². The molecule has 0 fully saturated rings. The number of nitrogens with zero attached hydrogens (tertiary/aromatic N) is 4. The largest absolute Gasteiger partial charge is 0.321 e. The number of pyridine rings is 1. The lowest BCUT2D eigenvalue weighted by molar-refractivity contribution is 0.102. The molecule has 4 rings (SSSR count). The van der Waals surface area contributed by atoms with Crippen molar-refractivity contribution >= 4 is 17.1 Å². The summed E-state index contributed by atoms with van der Waals surface area (Å²) in [5.41, 5.74) is 5.20. The van der Waals surface area contributed by atoms with E-state index in [4.69, 9.17) is 0 Å². The van der Waals surface area contributed by atoms with Crippen LogP contribution in [-0.4, -0.2) is 25.3 Å². The van der Waals surface area contributed by atoms with Crippen LogP contribution in [0.25, 0.3) is 5.52 Å². The Morgan fingerprint density at radius 1 is 1.04 bits per heavy atom. The van der Waals surface area contributed by atoms with E-state index in [1.54, 1.807) is 10.6 Å². The summed E-state index contributed by atoms with van der Waals surface area (Å²) >= 11 is 0. The van der Waals surface area contributed by atoms with Crippen molar-refractivity contribution in [1.29, 1.82) is 0 Å². The first-order valence-corrected chi connectivity index (χ1v) is 8.44. The fourth-order valence-corrected chi connectivity index (χ4v) is 3.00. The highest BCUT2D eigenvalue weighted by molar-refractivity contribution is 6.03. The van der Waals surface area contributed by atoms with Gasteiger partial charge in [0.1, 0.15) is 0 Å². The molecule has 0 aliphatic heterocycles. The molecular formula is C20H19N5O. The quantitative estimate of drug-likeness (QED) is 0.616. The first kappa shape index (κ1) is 16.1. The van der Waals surface area contributed by atoms with Crippen molar-refractivity contribution in [1.82, 2.24) is 19.4 Å². The number of hydrogen-bond acceptors (Lipinski definition) is 3. The van der Waals surface area contributed by atoms with E-state index in [2.05, 4.69) is 21.6 Å². The number of carbonyl (C=O) groups excluding carboxylic acids is 1. The third-order valence-corrected chi connectivity index (χ3v) is 4.22. The summed E-state index contributed by atoms with van der Waals surface area (Å²) < 4.78 is 3.65. The summed E-state index contributed by atoms with van der Waals surface area (Å²) in [4.78, 5) is 12.5. The van der Waals surface area contributed by atoms with E-state index in [-0.39, 0.29) is 5.91 Å². The second kappa shape index (κ2) is 6.48. The zero-order chi connectivity index (χ0) is 18.1. The van der Waals surface area contributed by atoms with Crippen LogP contribution in [-0.2, 0) is 6.54 Å². The maximum Gasteiger partial charge on any atom is 0.276 e. The number of hydrogen-bond donors (Lipinski definition) is 1. The number of carbonyl (C=O) groups is 1. The fourth-order valence-electron chi connectivity index (χ4n) is 3.00. The van der Waals surface area contributed by atoms with Gasteiger partial charge in [-0.3, -0.25) is 9.48 Å². The van der Waals surface area contributed by atoms with Crippen molar-refractivity contribution < 1.29 is 4.79 Å². The van der Waals surface area contributed by atoms with Gasteiger partial charge in [-0.25, -0.2) is 4.52 Å². The number of fused-ring (bicyclic) bond motifs is 1. The van der Waals surface area contributed by atoms with Gasteiger partial charge >= 0.3 is 0 Å². The molecule has 130 valence electrons. The van der Waals surface area contributed by atoms with E-state index in [0.717, 1.165) is 28.2 Å². The molecule has 0 aliphatic rings. The van der Waals surface area contributed by atoms with Crippen LogP contribution >= 0.6 is 0 Å². The van der Waals surface area contributed by atoms with E-state index in [9.17, 15) is 4.79 Å². The van der Waals surface area contributed by atoms with Gasteiger partial charge in [-0.05, 0) is 55.8 Å². The molecule has 1 aromatic carbocycles. The van der Waals surface area contributed by atoms with Crippen molar-refractivity contribution in [2.24, 2.45) is 0 Å². The van der Waals surface area contributed by atoms with E-state index in [0.29, 0.717) is 12.2 Å². The normalized spacial score (nSPS) is 11.0. The summed E-state index contributed by atoms with van der Waals surface area (Å²) in [6.45, 7) is 4.68. The van der Waals surface area contributed by atoms with Crippen LogP contribution in [0.3, 0.4) is 0 Å². The lowest BCUT2D eigenvalue weighted by atomic mass is 10.2. The highest BCUT2D eigenvalue weighted by atomic mass is 16.1. The van der Waals surface area contributed by atoms with E-state index in [1.807, 2.05) is 67.2 Å². The minimum Gasteiger partial charge on any atom is -0.321 e. The van der Waals surface area contributed by atoms with Crippen molar-refractivity contribution in [3.8, 4) is 0 Å². The standard InChI is InChI=1S/C20H19N5O/c1-14-10-15(2)25(22-14)13-16-6-5-7-17(11-16)21-20(26)19-12-18-8-3-4-9-24(18)23-19/h3-12H,13H2,1-2H3,(H,21,26). The van der Waals surface area contributed by atoms with Crippen molar-refractivity contribution in [2.45, 2.75) is 20.4 Å². The topological polar surface area (TPSA) is 64.2 Å². The summed E-state index contributed by atoms with van der Waals surface area (Å²) in [5, 5.41) is 11.7. The number of amides is 1. The minimum absolute atomic E-state index is 0.225. The number of anilines is 1. The molecule has 0 spiro atoms. The monoisotopic (exact) mass is 345 g/mol. The molecule has 0 saturated carbocycles. The smallest absolute Gasteiger partial charge is 0.276 e. The predicted molar refractivity (Wildman–Crippen MR) is 100 cm³/mol. The second-order valence-electron chi connectivity index (χ2n) is 6.34. The molecule has 1 amide bonds. The zero-order valence-electron chi connectivity index (χ0n) is 14.7. The molecule has 4 aromatic rings. The molecule has 6 heteroatoms. The highest BCUT2D eigenvalue weighted by Gasteiger charge is 2.11. The fraction of sp³-hybridized carbons (Fsp3) is 0.150. The predicted octanol–water partition coefficient (Wildman–Crippen LogP) is 3.45. The lowest BCUT2D eigenvalue weighted by Crippen LogP contribution is -2.13. The number of benzene rings is 1. The van der Waals surface area contributed by atoms with Crippen molar-refractivity contribution in [2.75, 3.05) is 5.32 Å². The summed E-state index contributed by atoms with van der Waals surface area (Å²) in [6.07, 6.45) is 1.82. The summed E-state index contributed by atoms with van der Waals surface area (Å²) in [6, 6.07) is 17.3. The van der Waals surface area contributed by atoms with Gasteiger partial charge in [0.15, 0.2) is 5.69 Å². The molecule has 0 saturated heterocycles. The summed E-state index contributed by atoms with van der Waals surface area (Å²) in [7, 11) is 0. The molecule has 3 aromatic heterocycles. The van der Waals surface area contributed by atoms with Gasteiger partial charge in [-0.15, -0.1) is 0 Å². The summed E-state index contributed by atoms with van der Waals surface area (Å²) in [5.74, 6) is -0.225. The molecule has 0 bridgehead atoms. The first-order chi connectivity index (χ1) is 12.6. The Labute approximate surface area is 151 Å².